The summed E-state index contributed by atoms with van der Waals surface area (Å²) in [6, 6.07) is 4.52. The lowest BCUT2D eigenvalue weighted by atomic mass is 9.89. The van der Waals surface area contributed by atoms with Crippen LogP contribution in [0.4, 0.5) is 10.5 Å². The molecule has 1 N–H and O–H groups in total. The molecule has 2 aliphatic heterocycles. The molecule has 3 rings (SSSR count). The summed E-state index contributed by atoms with van der Waals surface area (Å²) in [7, 11) is 0. The van der Waals surface area contributed by atoms with Gasteiger partial charge in [-0.3, -0.25) is 4.90 Å². The van der Waals surface area contributed by atoms with Crippen molar-refractivity contribution in [3.63, 3.8) is 0 Å². The quantitative estimate of drug-likeness (QED) is 0.843. The molecule has 6 nitrogen and oxygen atoms in total. The number of aromatic hydroxyl groups is 1. The van der Waals surface area contributed by atoms with Gasteiger partial charge in [0.05, 0.1) is 11.7 Å². The van der Waals surface area contributed by atoms with Crippen LogP contribution in [0, 0.1) is 0 Å². The van der Waals surface area contributed by atoms with E-state index in [1.54, 1.807) is 29.2 Å². The van der Waals surface area contributed by atoms with E-state index < -0.39 is 18.0 Å². The Morgan fingerprint density at radius 3 is 2.80 bits per heavy atom. The molecule has 0 aromatic heterocycles. The summed E-state index contributed by atoms with van der Waals surface area (Å²) in [5, 5.41) is 9.91. The second-order valence-electron chi connectivity index (χ2n) is 6.59. The van der Waals surface area contributed by atoms with Crippen molar-refractivity contribution in [2.45, 2.75) is 44.3 Å². The summed E-state index contributed by atoms with van der Waals surface area (Å²) in [4.78, 5) is 14.3. The molecule has 25 heavy (non-hydrogen) atoms. The molecule has 2 heterocycles. The first-order valence-electron chi connectivity index (χ1n) is 8.24. The van der Waals surface area contributed by atoms with Crippen LogP contribution in [0.1, 0.15) is 31.9 Å². The first-order chi connectivity index (χ1) is 11.9. The van der Waals surface area contributed by atoms with Gasteiger partial charge in [-0.1, -0.05) is 18.7 Å². The fraction of sp³-hybridized carbons (Fsp3) is 0.421. The van der Waals surface area contributed by atoms with Crippen LogP contribution in [0.25, 0.3) is 0 Å². The average molecular weight is 345 g/mol. The number of carbonyl (C=O) groups is 1. The second-order valence-corrected chi connectivity index (χ2v) is 6.59. The lowest BCUT2D eigenvalue weighted by Crippen LogP contribution is -2.52. The molecule has 134 valence electrons. The van der Waals surface area contributed by atoms with Crippen LogP contribution in [0.2, 0.25) is 0 Å². The molecule has 0 radical (unpaired) electrons. The van der Waals surface area contributed by atoms with Crippen molar-refractivity contribution < 1.29 is 24.1 Å². The van der Waals surface area contributed by atoms with Gasteiger partial charge >= 0.3 is 6.09 Å². The minimum Gasteiger partial charge on any atom is -0.508 e. The van der Waals surface area contributed by atoms with E-state index in [-0.39, 0.29) is 24.5 Å². The summed E-state index contributed by atoms with van der Waals surface area (Å²) in [6.45, 7) is 11.1. The number of carbonyl (C=O) groups excluding carboxylic acids is 1. The van der Waals surface area contributed by atoms with Crippen LogP contribution in [-0.2, 0) is 14.2 Å². The Balaban J connectivity index is 2.09. The van der Waals surface area contributed by atoms with Crippen molar-refractivity contribution in [2.75, 3.05) is 11.5 Å². The van der Waals surface area contributed by atoms with Crippen LogP contribution in [0.15, 0.2) is 43.5 Å². The molecule has 1 saturated heterocycles. The molecule has 0 saturated carbocycles. The highest BCUT2D eigenvalue weighted by atomic mass is 16.8. The third kappa shape index (κ3) is 3.15. The molecule has 3 atom stereocenters. The molecular formula is C19H23NO5. The number of benzene rings is 1. The largest absolute Gasteiger partial charge is 0.508 e. The zero-order valence-electron chi connectivity index (χ0n) is 14.5. The number of amides is 1. The van der Waals surface area contributed by atoms with E-state index in [2.05, 4.69) is 13.2 Å². The predicted molar refractivity (Wildman–Crippen MR) is 93.5 cm³/mol. The van der Waals surface area contributed by atoms with E-state index in [0.717, 1.165) is 0 Å². The Bertz CT molecular complexity index is 699. The van der Waals surface area contributed by atoms with Gasteiger partial charge < -0.3 is 19.3 Å². The van der Waals surface area contributed by atoms with E-state index in [0.29, 0.717) is 17.7 Å². The van der Waals surface area contributed by atoms with Crippen molar-refractivity contribution in [1.29, 1.82) is 0 Å². The number of hydrogen-bond acceptors (Lipinski definition) is 5. The Kier molecular flexibility index (Phi) is 4.58. The number of anilines is 1. The average Bonchev–Trinajstić information content (AvgIpc) is 2.89. The first-order valence-corrected chi connectivity index (χ1v) is 8.24. The highest BCUT2D eigenvalue weighted by Gasteiger charge is 2.53. The highest BCUT2D eigenvalue weighted by molar-refractivity contribution is 5.91. The van der Waals surface area contributed by atoms with Crippen molar-refractivity contribution in [3.05, 3.63) is 49.1 Å². The van der Waals surface area contributed by atoms with Gasteiger partial charge in [-0.25, -0.2) is 4.79 Å². The maximum atomic E-state index is 12.7. The molecule has 1 aromatic carbocycles. The minimum atomic E-state index is -0.793. The number of fused-ring (bicyclic) bond motifs is 3. The van der Waals surface area contributed by atoms with Gasteiger partial charge in [-0.2, -0.15) is 0 Å². The van der Waals surface area contributed by atoms with E-state index in [9.17, 15) is 9.90 Å². The smallest absolute Gasteiger partial charge is 0.414 e. The molecule has 1 amide bonds. The third-order valence-corrected chi connectivity index (χ3v) is 4.35. The molecule has 6 heteroatoms. The van der Waals surface area contributed by atoms with Crippen LogP contribution in [0.5, 0.6) is 5.75 Å². The zero-order valence-corrected chi connectivity index (χ0v) is 14.5. The lowest BCUT2D eigenvalue weighted by Gasteiger charge is -2.41. The molecule has 2 aliphatic rings. The molecule has 1 aromatic rings. The topological polar surface area (TPSA) is 68.2 Å². The van der Waals surface area contributed by atoms with Crippen molar-refractivity contribution in [2.24, 2.45) is 0 Å². The molecule has 0 unspecified atom stereocenters. The van der Waals surface area contributed by atoms with E-state index >= 15 is 0 Å². The van der Waals surface area contributed by atoms with Crippen LogP contribution >= 0.6 is 0 Å². The molecule has 0 bridgehead atoms. The SMILES string of the molecule is C=CCOC(=O)N1c2ccc(O)cc2[C@@H]2OC(C)(C)O[C@H]2[C@@H]1CC=C. The zero-order chi connectivity index (χ0) is 18.2. The van der Waals surface area contributed by atoms with Gasteiger partial charge in [-0.15, -0.1) is 6.58 Å². The van der Waals surface area contributed by atoms with Crippen LogP contribution < -0.4 is 4.90 Å². The van der Waals surface area contributed by atoms with E-state index in [4.69, 9.17) is 14.2 Å². The second kappa shape index (κ2) is 6.54. The van der Waals surface area contributed by atoms with Gasteiger partial charge in [0.15, 0.2) is 5.79 Å². The standard InChI is InChI=1S/C19H23NO5/c1-5-7-15-17-16(24-19(3,4)25-17)13-11-12(21)8-9-14(13)20(15)18(22)23-10-6-2/h5-6,8-9,11,15-17,21H,1-2,7,10H2,3-4H3/t15-,16-,17-/m0/s1. The number of rotatable bonds is 4. The van der Waals surface area contributed by atoms with E-state index in [1.165, 1.54) is 6.08 Å². The molecule has 0 spiro atoms. The number of phenolic OH excluding ortho intramolecular Hbond substituents is 1. The summed E-state index contributed by atoms with van der Waals surface area (Å²) in [5.74, 6) is -0.689. The Labute approximate surface area is 147 Å². The first kappa shape index (κ1) is 17.5. The van der Waals surface area contributed by atoms with Gasteiger partial charge in [0, 0.05) is 5.56 Å². The summed E-state index contributed by atoms with van der Waals surface area (Å²) < 4.78 is 17.4. The number of phenols is 1. The minimum absolute atomic E-state index is 0.104. The van der Waals surface area contributed by atoms with Crippen molar-refractivity contribution in [1.82, 2.24) is 0 Å². The van der Waals surface area contributed by atoms with Crippen LogP contribution in [-0.4, -0.2) is 35.7 Å². The number of hydrogen-bond donors (Lipinski definition) is 1. The predicted octanol–water partition coefficient (Wildman–Crippen LogP) is 3.67. The van der Waals surface area contributed by atoms with Gasteiger partial charge in [-0.05, 0) is 38.5 Å². The fourth-order valence-electron chi connectivity index (χ4n) is 3.47. The van der Waals surface area contributed by atoms with Crippen LogP contribution in [0.3, 0.4) is 0 Å². The third-order valence-electron chi connectivity index (χ3n) is 4.35. The normalized spacial score (nSPS) is 26.5. The lowest BCUT2D eigenvalue weighted by molar-refractivity contribution is -0.147. The molecular weight excluding hydrogens is 322 g/mol. The molecule has 1 fully saturated rings. The van der Waals surface area contributed by atoms with Gasteiger partial charge in [0.25, 0.3) is 0 Å². The summed E-state index contributed by atoms with van der Waals surface area (Å²) >= 11 is 0. The Morgan fingerprint density at radius 2 is 2.12 bits per heavy atom. The maximum Gasteiger partial charge on any atom is 0.414 e. The summed E-state index contributed by atoms with van der Waals surface area (Å²) in [5.41, 5.74) is 1.34. The number of ether oxygens (including phenoxy) is 3. The Hall–Kier alpha value is -2.31. The van der Waals surface area contributed by atoms with Gasteiger partial charge in [0.2, 0.25) is 0 Å². The Morgan fingerprint density at radius 1 is 1.36 bits per heavy atom. The van der Waals surface area contributed by atoms with E-state index in [1.807, 2.05) is 13.8 Å². The molecule has 0 aliphatic carbocycles. The maximum absolute atomic E-state index is 12.7. The monoisotopic (exact) mass is 345 g/mol. The summed E-state index contributed by atoms with van der Waals surface area (Å²) in [6.07, 6.45) is 2.51. The van der Waals surface area contributed by atoms with Crippen molar-refractivity contribution in [3.8, 4) is 5.75 Å². The van der Waals surface area contributed by atoms with Gasteiger partial charge in [0.1, 0.15) is 24.6 Å². The highest BCUT2D eigenvalue weighted by Crippen LogP contribution is 2.49. The fourth-order valence-corrected chi connectivity index (χ4v) is 3.47. The van der Waals surface area contributed by atoms with Crippen molar-refractivity contribution >= 4 is 11.8 Å². The number of nitrogens with zero attached hydrogens (tertiary/aromatic N) is 1.